The number of rotatable bonds is 4. The molecule has 0 aliphatic heterocycles. The van der Waals surface area contributed by atoms with Gasteiger partial charge in [0.05, 0.1) is 0 Å². The third kappa shape index (κ3) is 3.03. The summed E-state index contributed by atoms with van der Waals surface area (Å²) in [5.41, 5.74) is 4.79. The van der Waals surface area contributed by atoms with Crippen LogP contribution in [0, 0.1) is 0 Å². The van der Waals surface area contributed by atoms with Crippen molar-refractivity contribution in [3.05, 3.63) is 52.4 Å². The lowest BCUT2D eigenvalue weighted by molar-refractivity contribution is 0.899. The fourth-order valence-electron chi connectivity index (χ4n) is 2.09. The third-order valence-electron chi connectivity index (χ3n) is 3.19. The lowest BCUT2D eigenvalue weighted by Gasteiger charge is -2.07. The van der Waals surface area contributed by atoms with Gasteiger partial charge in [0.25, 0.3) is 0 Å². The van der Waals surface area contributed by atoms with E-state index >= 15 is 0 Å². The highest BCUT2D eigenvalue weighted by molar-refractivity contribution is 6.30. The SMILES string of the molecule is NNc1cc(C2CC2)nc(Cc2cccc(Cl)c2)n1. The lowest BCUT2D eigenvalue weighted by Crippen LogP contribution is -2.11. The van der Waals surface area contributed by atoms with Gasteiger partial charge in [0.15, 0.2) is 0 Å². The van der Waals surface area contributed by atoms with Gasteiger partial charge in [-0.3, -0.25) is 0 Å². The van der Waals surface area contributed by atoms with E-state index in [1.165, 1.54) is 12.8 Å². The molecule has 3 rings (SSSR count). The molecule has 1 fully saturated rings. The van der Waals surface area contributed by atoms with Crippen LogP contribution in [-0.4, -0.2) is 9.97 Å². The molecule has 3 N–H and O–H groups in total. The zero-order chi connectivity index (χ0) is 13.2. The molecule has 98 valence electrons. The van der Waals surface area contributed by atoms with Crippen LogP contribution in [0.25, 0.3) is 0 Å². The largest absolute Gasteiger partial charge is 0.308 e. The molecule has 0 spiro atoms. The van der Waals surface area contributed by atoms with Crippen molar-refractivity contribution >= 4 is 17.4 Å². The van der Waals surface area contributed by atoms with Crippen molar-refractivity contribution in [2.45, 2.75) is 25.2 Å². The Hall–Kier alpha value is -1.65. The number of benzene rings is 1. The lowest BCUT2D eigenvalue weighted by atomic mass is 10.1. The Balaban J connectivity index is 1.89. The summed E-state index contributed by atoms with van der Waals surface area (Å²) in [4.78, 5) is 9.02. The minimum absolute atomic E-state index is 0.577. The summed E-state index contributed by atoms with van der Waals surface area (Å²) in [7, 11) is 0. The van der Waals surface area contributed by atoms with Crippen LogP contribution in [0.4, 0.5) is 5.82 Å². The van der Waals surface area contributed by atoms with Gasteiger partial charge in [-0.1, -0.05) is 23.7 Å². The summed E-state index contributed by atoms with van der Waals surface area (Å²) in [5, 5.41) is 0.730. The first-order chi connectivity index (χ1) is 9.24. The molecule has 0 saturated heterocycles. The Morgan fingerprint density at radius 3 is 2.79 bits per heavy atom. The van der Waals surface area contributed by atoms with Gasteiger partial charge in [-0.2, -0.15) is 0 Å². The molecule has 1 heterocycles. The monoisotopic (exact) mass is 274 g/mol. The fourth-order valence-corrected chi connectivity index (χ4v) is 2.30. The fraction of sp³-hybridized carbons (Fsp3) is 0.286. The zero-order valence-electron chi connectivity index (χ0n) is 10.4. The van der Waals surface area contributed by atoms with E-state index in [2.05, 4.69) is 15.4 Å². The molecule has 1 saturated carbocycles. The van der Waals surface area contributed by atoms with Crippen LogP contribution < -0.4 is 11.3 Å². The normalized spacial score (nSPS) is 14.4. The van der Waals surface area contributed by atoms with Gasteiger partial charge in [-0.15, -0.1) is 0 Å². The first kappa shape index (κ1) is 12.4. The van der Waals surface area contributed by atoms with E-state index in [0.717, 1.165) is 22.1 Å². The predicted molar refractivity (Wildman–Crippen MR) is 76.1 cm³/mol. The van der Waals surface area contributed by atoms with Crippen LogP contribution in [0.5, 0.6) is 0 Å². The van der Waals surface area contributed by atoms with Crippen LogP contribution in [0.3, 0.4) is 0 Å². The molecule has 1 aromatic heterocycles. The summed E-state index contributed by atoms with van der Waals surface area (Å²) in [6, 6.07) is 9.68. The number of nitrogens with two attached hydrogens (primary N) is 1. The number of hydrogen-bond donors (Lipinski definition) is 2. The number of anilines is 1. The van der Waals surface area contributed by atoms with E-state index in [9.17, 15) is 0 Å². The quantitative estimate of drug-likeness (QED) is 0.665. The number of nitrogens with zero attached hydrogens (tertiary/aromatic N) is 2. The molecule has 2 aromatic rings. The van der Waals surface area contributed by atoms with Crippen molar-refractivity contribution in [2.24, 2.45) is 5.84 Å². The minimum Gasteiger partial charge on any atom is -0.308 e. The van der Waals surface area contributed by atoms with Crippen molar-refractivity contribution in [3.8, 4) is 0 Å². The average molecular weight is 275 g/mol. The van der Waals surface area contributed by atoms with Crippen LogP contribution in [0.2, 0.25) is 5.02 Å². The standard InChI is InChI=1S/C14H15ClN4/c15-11-3-1-2-9(6-11)7-13-17-12(10-4-5-10)8-14(18-13)19-16/h1-3,6,8,10H,4-5,7,16H2,(H,17,18,19). The second-order valence-electron chi connectivity index (χ2n) is 4.82. The summed E-state index contributed by atoms with van der Waals surface area (Å²) in [6.45, 7) is 0. The van der Waals surface area contributed by atoms with Crippen molar-refractivity contribution in [1.82, 2.24) is 9.97 Å². The molecule has 1 aliphatic rings. The molecular weight excluding hydrogens is 260 g/mol. The Morgan fingerprint density at radius 2 is 2.11 bits per heavy atom. The molecule has 0 radical (unpaired) electrons. The second kappa shape index (κ2) is 5.15. The summed E-state index contributed by atoms with van der Waals surface area (Å²) < 4.78 is 0. The Labute approximate surface area is 117 Å². The molecule has 0 amide bonds. The maximum atomic E-state index is 5.99. The topological polar surface area (TPSA) is 63.8 Å². The summed E-state index contributed by atoms with van der Waals surface area (Å²) in [5.74, 6) is 7.49. The Kier molecular flexibility index (Phi) is 3.36. The molecule has 0 unspecified atom stereocenters. The number of halogens is 1. The van der Waals surface area contributed by atoms with E-state index in [-0.39, 0.29) is 0 Å². The first-order valence-corrected chi connectivity index (χ1v) is 6.71. The number of hydrazine groups is 1. The van der Waals surface area contributed by atoms with Crippen molar-refractivity contribution in [1.29, 1.82) is 0 Å². The van der Waals surface area contributed by atoms with Gasteiger partial charge in [-0.05, 0) is 30.5 Å². The Bertz CT molecular complexity index is 596. The number of nitrogen functional groups attached to an aromatic ring is 1. The van der Waals surface area contributed by atoms with Gasteiger partial charge < -0.3 is 5.43 Å². The molecule has 0 bridgehead atoms. The number of hydrogen-bond acceptors (Lipinski definition) is 4. The van der Waals surface area contributed by atoms with Crippen molar-refractivity contribution < 1.29 is 0 Å². The highest BCUT2D eigenvalue weighted by Crippen LogP contribution is 2.39. The highest BCUT2D eigenvalue weighted by Gasteiger charge is 2.26. The highest BCUT2D eigenvalue weighted by atomic mass is 35.5. The van der Waals surface area contributed by atoms with Crippen molar-refractivity contribution in [2.75, 3.05) is 5.43 Å². The molecule has 1 aliphatic carbocycles. The molecule has 19 heavy (non-hydrogen) atoms. The van der Waals surface area contributed by atoms with E-state index in [4.69, 9.17) is 17.4 Å². The second-order valence-corrected chi connectivity index (χ2v) is 5.26. The molecule has 1 aromatic carbocycles. The molecule has 4 nitrogen and oxygen atoms in total. The van der Waals surface area contributed by atoms with Gasteiger partial charge in [0.2, 0.25) is 0 Å². The van der Waals surface area contributed by atoms with E-state index in [1.807, 2.05) is 30.3 Å². The van der Waals surface area contributed by atoms with Crippen LogP contribution in [0.15, 0.2) is 30.3 Å². The predicted octanol–water partition coefficient (Wildman–Crippen LogP) is 2.88. The summed E-state index contributed by atoms with van der Waals surface area (Å²) in [6.07, 6.45) is 3.07. The van der Waals surface area contributed by atoms with E-state index < -0.39 is 0 Å². The average Bonchev–Trinajstić information content (AvgIpc) is 3.22. The van der Waals surface area contributed by atoms with Crippen molar-refractivity contribution in [3.63, 3.8) is 0 Å². The zero-order valence-corrected chi connectivity index (χ0v) is 11.2. The molecular formula is C14H15ClN4. The molecule has 0 atom stereocenters. The number of nitrogens with one attached hydrogen (secondary N) is 1. The van der Waals surface area contributed by atoms with Crippen LogP contribution >= 0.6 is 11.6 Å². The minimum atomic E-state index is 0.577. The van der Waals surface area contributed by atoms with Gasteiger partial charge in [-0.25, -0.2) is 15.8 Å². The van der Waals surface area contributed by atoms with Gasteiger partial charge >= 0.3 is 0 Å². The van der Waals surface area contributed by atoms with Gasteiger partial charge in [0, 0.05) is 29.1 Å². The van der Waals surface area contributed by atoms with Gasteiger partial charge in [0.1, 0.15) is 11.6 Å². The van der Waals surface area contributed by atoms with E-state index in [1.54, 1.807) is 0 Å². The maximum Gasteiger partial charge on any atom is 0.143 e. The first-order valence-electron chi connectivity index (χ1n) is 6.33. The third-order valence-corrected chi connectivity index (χ3v) is 3.42. The maximum absolute atomic E-state index is 5.99. The number of aromatic nitrogens is 2. The Morgan fingerprint density at radius 1 is 1.26 bits per heavy atom. The van der Waals surface area contributed by atoms with E-state index in [0.29, 0.717) is 18.2 Å². The summed E-state index contributed by atoms with van der Waals surface area (Å²) >= 11 is 5.99. The molecule has 5 heteroatoms. The smallest absolute Gasteiger partial charge is 0.143 e. The van der Waals surface area contributed by atoms with Crippen LogP contribution in [0.1, 0.15) is 35.8 Å². The van der Waals surface area contributed by atoms with Crippen LogP contribution in [-0.2, 0) is 6.42 Å².